The monoisotopic (exact) mass is 374 g/mol. The van der Waals surface area contributed by atoms with Crippen LogP contribution in [0.4, 0.5) is 0 Å². The Labute approximate surface area is 163 Å². The largest absolute Gasteiger partial charge is 0.320 e. The second kappa shape index (κ2) is 10.6. The van der Waals surface area contributed by atoms with Gasteiger partial charge in [0, 0.05) is 25.5 Å². The first-order valence-corrected chi connectivity index (χ1v) is 9.80. The lowest BCUT2D eigenvalue weighted by atomic mass is 10.0. The number of rotatable bonds is 10. The molecule has 0 aromatic carbocycles. The minimum absolute atomic E-state index is 0.472. The number of aryl methyl sites for hydroxylation is 1. The molecular weight excluding hydrogens is 344 g/mol. The molecule has 26 heavy (non-hydrogen) atoms. The maximum absolute atomic E-state index is 6.06. The molecule has 142 valence electrons. The molecule has 0 saturated heterocycles. The Morgan fingerprint density at radius 2 is 1.92 bits per heavy atom. The Balaban J connectivity index is 2.15. The number of nitrogens with one attached hydrogen (secondary N) is 1. The summed E-state index contributed by atoms with van der Waals surface area (Å²) in [5.41, 5.74) is 4.73. The molecule has 0 aliphatic rings. The standard InChI is InChI=1S/C21H31ClN4/c1-16(2)19-8-7-10-24-21(19)15-26(11-6-5-9-23-4)14-20-17(3)12-18(22)13-25-20/h7-8,10,12-13,16,23H,5-6,9,11,14-15H2,1-4H3. The van der Waals surface area contributed by atoms with Crippen LogP contribution in [0.5, 0.6) is 0 Å². The van der Waals surface area contributed by atoms with Crippen molar-refractivity contribution in [3.8, 4) is 0 Å². The summed E-state index contributed by atoms with van der Waals surface area (Å²) in [5.74, 6) is 0.472. The van der Waals surface area contributed by atoms with Crippen molar-refractivity contribution < 1.29 is 0 Å². The summed E-state index contributed by atoms with van der Waals surface area (Å²) in [6.45, 7) is 10.3. The predicted octanol–water partition coefficient (Wildman–Crippen LogP) is 4.56. The van der Waals surface area contributed by atoms with Crippen molar-refractivity contribution in [2.45, 2.75) is 52.6 Å². The minimum atomic E-state index is 0.472. The van der Waals surface area contributed by atoms with Crippen molar-refractivity contribution in [2.75, 3.05) is 20.1 Å². The summed E-state index contributed by atoms with van der Waals surface area (Å²) < 4.78 is 0. The summed E-state index contributed by atoms with van der Waals surface area (Å²) in [4.78, 5) is 11.7. The summed E-state index contributed by atoms with van der Waals surface area (Å²) in [6.07, 6.45) is 5.95. The predicted molar refractivity (Wildman–Crippen MR) is 110 cm³/mol. The highest BCUT2D eigenvalue weighted by Crippen LogP contribution is 2.21. The van der Waals surface area contributed by atoms with Gasteiger partial charge >= 0.3 is 0 Å². The molecule has 0 bridgehead atoms. The van der Waals surface area contributed by atoms with Gasteiger partial charge in [-0.05, 0) is 69.1 Å². The Bertz CT molecular complexity index is 687. The molecule has 0 fully saturated rings. The number of unbranched alkanes of at least 4 members (excludes halogenated alkanes) is 1. The zero-order chi connectivity index (χ0) is 18.9. The molecule has 0 aliphatic carbocycles. The van der Waals surface area contributed by atoms with Crippen molar-refractivity contribution in [2.24, 2.45) is 0 Å². The zero-order valence-corrected chi connectivity index (χ0v) is 17.2. The molecule has 4 nitrogen and oxygen atoms in total. The molecule has 2 rings (SSSR count). The second-order valence-corrected chi connectivity index (χ2v) is 7.57. The van der Waals surface area contributed by atoms with Crippen LogP contribution in [0.2, 0.25) is 5.02 Å². The number of hydrogen-bond acceptors (Lipinski definition) is 4. The van der Waals surface area contributed by atoms with Gasteiger partial charge in [0.05, 0.1) is 16.4 Å². The fraction of sp³-hybridized carbons (Fsp3) is 0.524. The summed E-state index contributed by atoms with van der Waals surface area (Å²) >= 11 is 6.06. The lowest BCUT2D eigenvalue weighted by Crippen LogP contribution is -2.27. The van der Waals surface area contributed by atoms with Crippen LogP contribution in [0.1, 0.15) is 55.1 Å². The third-order valence-electron chi connectivity index (χ3n) is 4.60. The fourth-order valence-corrected chi connectivity index (χ4v) is 3.33. The molecule has 2 aromatic heterocycles. The Hall–Kier alpha value is -1.49. The van der Waals surface area contributed by atoms with Crippen LogP contribution in [-0.2, 0) is 13.1 Å². The highest BCUT2D eigenvalue weighted by molar-refractivity contribution is 6.30. The van der Waals surface area contributed by atoms with Crippen molar-refractivity contribution in [3.63, 3.8) is 0 Å². The van der Waals surface area contributed by atoms with Crippen LogP contribution in [0.3, 0.4) is 0 Å². The molecule has 0 radical (unpaired) electrons. The van der Waals surface area contributed by atoms with Gasteiger partial charge in [0.1, 0.15) is 0 Å². The maximum Gasteiger partial charge on any atom is 0.0592 e. The third kappa shape index (κ3) is 6.35. The molecule has 0 unspecified atom stereocenters. The molecule has 0 amide bonds. The Morgan fingerprint density at radius 1 is 1.15 bits per heavy atom. The Kier molecular flexibility index (Phi) is 8.49. The van der Waals surface area contributed by atoms with Crippen molar-refractivity contribution in [1.29, 1.82) is 0 Å². The van der Waals surface area contributed by atoms with E-state index in [0.717, 1.165) is 43.9 Å². The maximum atomic E-state index is 6.06. The van der Waals surface area contributed by atoms with Crippen LogP contribution in [-0.4, -0.2) is 35.0 Å². The van der Waals surface area contributed by atoms with Crippen LogP contribution in [0, 0.1) is 6.92 Å². The lowest BCUT2D eigenvalue weighted by Gasteiger charge is -2.24. The third-order valence-corrected chi connectivity index (χ3v) is 4.81. The van der Waals surface area contributed by atoms with Gasteiger partial charge in [0.2, 0.25) is 0 Å². The van der Waals surface area contributed by atoms with E-state index in [1.807, 2.05) is 25.4 Å². The van der Waals surface area contributed by atoms with Gasteiger partial charge in [-0.3, -0.25) is 14.9 Å². The number of nitrogens with zero attached hydrogens (tertiary/aromatic N) is 3. The van der Waals surface area contributed by atoms with Gasteiger partial charge < -0.3 is 5.32 Å². The normalized spacial score (nSPS) is 11.5. The molecule has 5 heteroatoms. The zero-order valence-electron chi connectivity index (χ0n) is 16.4. The lowest BCUT2D eigenvalue weighted by molar-refractivity contribution is 0.244. The quantitative estimate of drug-likeness (QED) is 0.619. The first-order chi connectivity index (χ1) is 12.5. The van der Waals surface area contributed by atoms with E-state index in [1.54, 1.807) is 6.20 Å². The fourth-order valence-electron chi connectivity index (χ4n) is 3.12. The van der Waals surface area contributed by atoms with E-state index in [0.29, 0.717) is 10.9 Å². The SMILES string of the molecule is CNCCCCN(Cc1ncc(Cl)cc1C)Cc1ncccc1C(C)C. The van der Waals surface area contributed by atoms with Crippen molar-refractivity contribution >= 4 is 11.6 Å². The molecule has 2 heterocycles. The molecule has 0 saturated carbocycles. The first kappa shape index (κ1) is 20.8. The number of hydrogen-bond donors (Lipinski definition) is 1. The average molecular weight is 375 g/mol. The van der Waals surface area contributed by atoms with Crippen LogP contribution in [0.25, 0.3) is 0 Å². The average Bonchev–Trinajstić information content (AvgIpc) is 2.61. The Morgan fingerprint density at radius 3 is 2.62 bits per heavy atom. The van der Waals surface area contributed by atoms with E-state index in [1.165, 1.54) is 17.7 Å². The van der Waals surface area contributed by atoms with Crippen LogP contribution >= 0.6 is 11.6 Å². The van der Waals surface area contributed by atoms with E-state index in [9.17, 15) is 0 Å². The molecule has 2 aromatic rings. The van der Waals surface area contributed by atoms with E-state index in [-0.39, 0.29) is 0 Å². The van der Waals surface area contributed by atoms with Gasteiger partial charge in [0.25, 0.3) is 0 Å². The topological polar surface area (TPSA) is 41.0 Å². The van der Waals surface area contributed by atoms with Crippen LogP contribution < -0.4 is 5.32 Å². The van der Waals surface area contributed by atoms with E-state index in [4.69, 9.17) is 11.6 Å². The molecule has 0 spiro atoms. The highest BCUT2D eigenvalue weighted by Gasteiger charge is 2.14. The van der Waals surface area contributed by atoms with Crippen molar-refractivity contribution in [3.05, 3.63) is 58.1 Å². The van der Waals surface area contributed by atoms with Gasteiger partial charge in [-0.2, -0.15) is 0 Å². The van der Waals surface area contributed by atoms with Gasteiger partial charge in [-0.1, -0.05) is 31.5 Å². The van der Waals surface area contributed by atoms with Crippen LogP contribution in [0.15, 0.2) is 30.6 Å². The molecule has 0 aliphatic heterocycles. The first-order valence-electron chi connectivity index (χ1n) is 9.43. The smallest absolute Gasteiger partial charge is 0.0592 e. The number of halogens is 1. The van der Waals surface area contributed by atoms with Gasteiger partial charge in [-0.25, -0.2) is 0 Å². The number of aromatic nitrogens is 2. The van der Waals surface area contributed by atoms with Gasteiger partial charge in [-0.15, -0.1) is 0 Å². The number of pyridine rings is 2. The van der Waals surface area contributed by atoms with E-state index < -0.39 is 0 Å². The highest BCUT2D eigenvalue weighted by atomic mass is 35.5. The van der Waals surface area contributed by atoms with E-state index in [2.05, 4.69) is 47.0 Å². The molecule has 0 atom stereocenters. The molecule has 1 N–H and O–H groups in total. The molecular formula is C21H31ClN4. The minimum Gasteiger partial charge on any atom is -0.320 e. The second-order valence-electron chi connectivity index (χ2n) is 7.13. The van der Waals surface area contributed by atoms with E-state index >= 15 is 0 Å². The summed E-state index contributed by atoms with van der Waals surface area (Å²) in [5, 5.41) is 3.92. The van der Waals surface area contributed by atoms with Crippen molar-refractivity contribution in [1.82, 2.24) is 20.2 Å². The summed E-state index contributed by atoms with van der Waals surface area (Å²) in [6, 6.07) is 6.21. The van der Waals surface area contributed by atoms with Gasteiger partial charge in [0.15, 0.2) is 0 Å². The summed E-state index contributed by atoms with van der Waals surface area (Å²) in [7, 11) is 2.00.